The predicted molar refractivity (Wildman–Crippen MR) is 105 cm³/mol. The molecule has 2 aromatic rings. The molecule has 0 spiro atoms. The zero-order valence-electron chi connectivity index (χ0n) is 15.2. The quantitative estimate of drug-likeness (QED) is 0.605. The SMILES string of the molecule is Cl.O=C(c1ccc([N+](=O)[O-])cc1F)N(Cc1ccccn1)C1CCCNCC1. The normalized spacial score (nSPS) is 16.5. The molecule has 1 aromatic carbocycles. The lowest BCUT2D eigenvalue weighted by Crippen LogP contribution is -2.41. The molecule has 7 nitrogen and oxygen atoms in total. The van der Waals surface area contributed by atoms with Gasteiger partial charge in [-0.25, -0.2) is 4.39 Å². The molecule has 150 valence electrons. The molecule has 1 atom stereocenters. The number of carbonyl (C=O) groups is 1. The van der Waals surface area contributed by atoms with E-state index in [4.69, 9.17) is 0 Å². The molecule has 1 N–H and O–H groups in total. The molecule has 2 heterocycles. The summed E-state index contributed by atoms with van der Waals surface area (Å²) in [5, 5.41) is 14.1. The first-order valence-corrected chi connectivity index (χ1v) is 8.92. The zero-order valence-corrected chi connectivity index (χ0v) is 16.0. The molecule has 0 saturated carbocycles. The zero-order chi connectivity index (χ0) is 19.2. The van der Waals surface area contributed by atoms with E-state index in [2.05, 4.69) is 10.3 Å². The van der Waals surface area contributed by atoms with Crippen LogP contribution in [0.15, 0.2) is 42.6 Å². The van der Waals surface area contributed by atoms with E-state index in [-0.39, 0.29) is 36.2 Å². The Labute approximate surface area is 168 Å². The van der Waals surface area contributed by atoms with E-state index in [0.29, 0.717) is 5.69 Å². The van der Waals surface area contributed by atoms with Crippen molar-refractivity contribution < 1.29 is 14.1 Å². The molecule has 28 heavy (non-hydrogen) atoms. The van der Waals surface area contributed by atoms with Crippen LogP contribution in [-0.4, -0.2) is 39.8 Å². The highest BCUT2D eigenvalue weighted by atomic mass is 35.5. The minimum Gasteiger partial charge on any atom is -0.330 e. The number of halogens is 2. The number of pyridine rings is 1. The minimum atomic E-state index is -0.882. The van der Waals surface area contributed by atoms with Gasteiger partial charge in [-0.15, -0.1) is 12.4 Å². The number of hydrogen-bond acceptors (Lipinski definition) is 5. The summed E-state index contributed by atoms with van der Waals surface area (Å²) in [6, 6.07) is 8.54. The molecule has 1 amide bonds. The third-order valence-corrected chi connectivity index (χ3v) is 4.70. The van der Waals surface area contributed by atoms with Gasteiger partial charge in [0.25, 0.3) is 11.6 Å². The number of rotatable bonds is 5. The number of nitrogens with one attached hydrogen (secondary N) is 1. The van der Waals surface area contributed by atoms with Crippen molar-refractivity contribution in [2.75, 3.05) is 13.1 Å². The van der Waals surface area contributed by atoms with Crippen LogP contribution in [0.25, 0.3) is 0 Å². The molecule has 0 bridgehead atoms. The number of hydrogen-bond donors (Lipinski definition) is 1. The Kier molecular flexibility index (Phi) is 7.83. The fourth-order valence-corrected chi connectivity index (χ4v) is 3.29. The van der Waals surface area contributed by atoms with Gasteiger partial charge in [-0.3, -0.25) is 19.9 Å². The Morgan fingerprint density at radius 1 is 1.29 bits per heavy atom. The fraction of sp³-hybridized carbons (Fsp3) is 0.368. The van der Waals surface area contributed by atoms with Crippen molar-refractivity contribution in [3.63, 3.8) is 0 Å². The topological polar surface area (TPSA) is 88.4 Å². The highest BCUT2D eigenvalue weighted by Gasteiger charge is 2.28. The van der Waals surface area contributed by atoms with Crippen LogP contribution in [0.2, 0.25) is 0 Å². The Morgan fingerprint density at radius 3 is 2.79 bits per heavy atom. The molecule has 9 heteroatoms. The Morgan fingerprint density at radius 2 is 2.11 bits per heavy atom. The smallest absolute Gasteiger partial charge is 0.272 e. The summed E-state index contributed by atoms with van der Waals surface area (Å²) in [5.41, 5.74) is 0.179. The van der Waals surface area contributed by atoms with Crippen molar-refractivity contribution in [2.45, 2.75) is 31.8 Å². The number of nitrogens with zero attached hydrogens (tertiary/aromatic N) is 3. The van der Waals surface area contributed by atoms with Crippen LogP contribution < -0.4 is 5.32 Å². The predicted octanol–water partition coefficient (Wildman–Crippen LogP) is 3.34. The summed E-state index contributed by atoms with van der Waals surface area (Å²) in [6.07, 6.45) is 4.13. The molecule has 0 aliphatic carbocycles. The summed E-state index contributed by atoms with van der Waals surface area (Å²) >= 11 is 0. The van der Waals surface area contributed by atoms with Gasteiger partial charge in [-0.1, -0.05) is 6.07 Å². The minimum absolute atomic E-state index is 0. The monoisotopic (exact) mass is 408 g/mol. The lowest BCUT2D eigenvalue weighted by Gasteiger charge is -2.31. The molecule has 1 fully saturated rings. The van der Waals surface area contributed by atoms with Gasteiger partial charge in [0, 0.05) is 18.3 Å². The molecule has 1 unspecified atom stereocenters. The first-order valence-electron chi connectivity index (χ1n) is 8.92. The van der Waals surface area contributed by atoms with E-state index in [1.165, 1.54) is 6.07 Å². The van der Waals surface area contributed by atoms with Crippen LogP contribution in [0, 0.1) is 15.9 Å². The van der Waals surface area contributed by atoms with Crippen molar-refractivity contribution >= 4 is 24.0 Å². The maximum absolute atomic E-state index is 14.4. The molecule has 3 rings (SSSR count). The Balaban J connectivity index is 0.00000280. The van der Waals surface area contributed by atoms with Crippen LogP contribution in [-0.2, 0) is 6.54 Å². The van der Waals surface area contributed by atoms with Gasteiger partial charge in [-0.05, 0) is 50.6 Å². The molecule has 1 aliphatic rings. The summed E-state index contributed by atoms with van der Waals surface area (Å²) in [7, 11) is 0. The molecule has 1 aromatic heterocycles. The largest absolute Gasteiger partial charge is 0.330 e. The van der Waals surface area contributed by atoms with Crippen LogP contribution in [0.5, 0.6) is 0 Å². The van der Waals surface area contributed by atoms with Gasteiger partial charge in [0.05, 0.1) is 28.8 Å². The fourth-order valence-electron chi connectivity index (χ4n) is 3.29. The number of aromatic nitrogens is 1. The van der Waals surface area contributed by atoms with Crippen LogP contribution >= 0.6 is 12.4 Å². The first kappa shape index (κ1) is 21.7. The Bertz CT molecular complexity index is 814. The number of carbonyl (C=O) groups excluding carboxylic acids is 1. The highest BCUT2D eigenvalue weighted by Crippen LogP contribution is 2.23. The second kappa shape index (κ2) is 10.1. The molecule has 1 aliphatic heterocycles. The van der Waals surface area contributed by atoms with Crippen molar-refractivity contribution in [2.24, 2.45) is 0 Å². The molecule has 1 saturated heterocycles. The number of nitro benzene ring substituents is 1. The number of benzene rings is 1. The Hall–Kier alpha value is -2.58. The number of non-ortho nitro benzene ring substituents is 1. The van der Waals surface area contributed by atoms with E-state index in [9.17, 15) is 19.3 Å². The van der Waals surface area contributed by atoms with Gasteiger partial charge < -0.3 is 10.2 Å². The summed E-state index contributed by atoms with van der Waals surface area (Å²) in [4.78, 5) is 29.2. The van der Waals surface area contributed by atoms with Crippen LogP contribution in [0.4, 0.5) is 10.1 Å². The second-order valence-electron chi connectivity index (χ2n) is 6.51. The van der Waals surface area contributed by atoms with Gasteiger partial charge >= 0.3 is 0 Å². The standard InChI is InChI=1S/C19H21FN4O3.ClH/c20-18-12-16(24(26)27)6-7-17(18)19(25)23(13-14-4-1-2-10-22-14)15-5-3-9-21-11-8-15;/h1-2,4,6-7,10,12,15,21H,3,5,8-9,11,13H2;1H. The maximum atomic E-state index is 14.4. The highest BCUT2D eigenvalue weighted by molar-refractivity contribution is 5.95. The van der Waals surface area contributed by atoms with E-state index >= 15 is 0 Å². The van der Waals surface area contributed by atoms with Crippen molar-refractivity contribution in [3.05, 3.63) is 69.8 Å². The van der Waals surface area contributed by atoms with Crippen LogP contribution in [0.3, 0.4) is 0 Å². The van der Waals surface area contributed by atoms with Gasteiger partial charge in [0.1, 0.15) is 5.82 Å². The van der Waals surface area contributed by atoms with E-state index < -0.39 is 16.6 Å². The van der Waals surface area contributed by atoms with Crippen molar-refractivity contribution in [1.29, 1.82) is 0 Å². The van der Waals surface area contributed by atoms with Gasteiger partial charge in [0.15, 0.2) is 0 Å². The lowest BCUT2D eigenvalue weighted by atomic mass is 10.0. The molecular weight excluding hydrogens is 387 g/mol. The molecular formula is C19H22ClFN4O3. The second-order valence-corrected chi connectivity index (χ2v) is 6.51. The number of nitro groups is 1. The van der Waals surface area contributed by atoms with E-state index in [1.54, 1.807) is 17.2 Å². The average Bonchev–Trinajstić information content (AvgIpc) is 2.95. The molecule has 0 radical (unpaired) electrons. The van der Waals surface area contributed by atoms with Gasteiger partial charge in [-0.2, -0.15) is 0 Å². The van der Waals surface area contributed by atoms with Crippen molar-refractivity contribution in [1.82, 2.24) is 15.2 Å². The van der Waals surface area contributed by atoms with E-state index in [0.717, 1.165) is 44.5 Å². The summed E-state index contributed by atoms with van der Waals surface area (Å²) in [6.45, 7) is 1.92. The average molecular weight is 409 g/mol. The summed E-state index contributed by atoms with van der Waals surface area (Å²) < 4.78 is 14.4. The van der Waals surface area contributed by atoms with Crippen LogP contribution in [0.1, 0.15) is 35.3 Å². The van der Waals surface area contributed by atoms with E-state index in [1.807, 2.05) is 12.1 Å². The third kappa shape index (κ3) is 5.24. The van der Waals surface area contributed by atoms with Gasteiger partial charge in [0.2, 0.25) is 0 Å². The third-order valence-electron chi connectivity index (χ3n) is 4.70. The lowest BCUT2D eigenvalue weighted by molar-refractivity contribution is -0.385. The number of amides is 1. The summed E-state index contributed by atoms with van der Waals surface area (Å²) in [5.74, 6) is -1.35. The first-order chi connectivity index (χ1) is 13.1. The van der Waals surface area contributed by atoms with Crippen molar-refractivity contribution in [3.8, 4) is 0 Å². The maximum Gasteiger partial charge on any atom is 0.272 e.